The average molecular weight is 299 g/mol. The second-order valence-electron chi connectivity index (χ2n) is 5.02. The first kappa shape index (κ1) is 13.3. The van der Waals surface area contributed by atoms with Crippen LogP contribution < -0.4 is 0 Å². The van der Waals surface area contributed by atoms with E-state index in [0.717, 1.165) is 28.3 Å². The van der Waals surface area contributed by atoms with E-state index in [0.29, 0.717) is 5.82 Å². The van der Waals surface area contributed by atoms with Crippen LogP contribution in [0.25, 0.3) is 34.2 Å². The van der Waals surface area contributed by atoms with Crippen LogP contribution in [0.15, 0.2) is 73.3 Å². The van der Waals surface area contributed by atoms with Gasteiger partial charge in [0.1, 0.15) is 11.5 Å². The van der Waals surface area contributed by atoms with Crippen LogP contribution in [-0.2, 0) is 0 Å². The molecule has 0 fully saturated rings. The Kier molecular flexibility index (Phi) is 3.37. The summed E-state index contributed by atoms with van der Waals surface area (Å²) >= 11 is 0. The summed E-state index contributed by atoms with van der Waals surface area (Å²) in [6.45, 7) is 0. The van der Waals surface area contributed by atoms with Crippen LogP contribution in [0.5, 0.6) is 0 Å². The average Bonchev–Trinajstić information content (AvgIpc) is 3.14. The summed E-state index contributed by atoms with van der Waals surface area (Å²) in [4.78, 5) is 20.7. The molecule has 4 rings (SSSR count). The summed E-state index contributed by atoms with van der Waals surface area (Å²) in [7, 11) is 0. The monoisotopic (exact) mass is 299 g/mol. The maximum absolute atomic E-state index is 4.42. The molecule has 110 valence electrons. The van der Waals surface area contributed by atoms with Crippen LogP contribution in [0.2, 0.25) is 0 Å². The number of nitrogens with zero attached hydrogens (tertiary/aromatic N) is 4. The Morgan fingerprint density at radius 3 is 2.17 bits per heavy atom. The first-order valence-electron chi connectivity index (χ1n) is 7.24. The molecule has 0 radical (unpaired) electrons. The first-order chi connectivity index (χ1) is 11.4. The number of hydrogen-bond acceptors (Lipinski definition) is 4. The number of imidazole rings is 1. The lowest BCUT2D eigenvalue weighted by atomic mass is 10.2. The quantitative estimate of drug-likeness (QED) is 0.627. The third-order valence-electron chi connectivity index (χ3n) is 3.48. The molecule has 1 aromatic carbocycles. The van der Waals surface area contributed by atoms with Gasteiger partial charge in [0.25, 0.3) is 0 Å². The number of nitrogens with one attached hydrogen (secondary N) is 1. The number of H-pyrrole nitrogens is 1. The van der Waals surface area contributed by atoms with E-state index in [4.69, 9.17) is 0 Å². The van der Waals surface area contributed by atoms with E-state index < -0.39 is 0 Å². The smallest absolute Gasteiger partial charge is 0.178 e. The highest BCUT2D eigenvalue weighted by Crippen LogP contribution is 2.21. The van der Waals surface area contributed by atoms with Gasteiger partial charge in [-0.25, -0.2) is 15.0 Å². The Hall–Kier alpha value is -3.34. The molecule has 0 amide bonds. The molecule has 0 aliphatic heterocycles. The molecule has 3 heterocycles. The number of hydrogen-bond donors (Lipinski definition) is 1. The number of rotatable bonds is 3. The molecule has 0 spiro atoms. The minimum absolute atomic E-state index is 0.608. The van der Waals surface area contributed by atoms with E-state index in [1.807, 2.05) is 48.5 Å². The molecular formula is C18H13N5. The highest BCUT2D eigenvalue weighted by Gasteiger charge is 2.07. The van der Waals surface area contributed by atoms with Gasteiger partial charge in [-0.1, -0.05) is 36.4 Å². The number of benzene rings is 1. The topological polar surface area (TPSA) is 67.3 Å². The van der Waals surface area contributed by atoms with Gasteiger partial charge in [-0.05, 0) is 12.1 Å². The van der Waals surface area contributed by atoms with Gasteiger partial charge in [-0.3, -0.25) is 4.98 Å². The van der Waals surface area contributed by atoms with Gasteiger partial charge >= 0.3 is 0 Å². The van der Waals surface area contributed by atoms with E-state index in [9.17, 15) is 0 Å². The van der Waals surface area contributed by atoms with Gasteiger partial charge in [-0.2, -0.15) is 0 Å². The highest BCUT2D eigenvalue weighted by molar-refractivity contribution is 5.64. The van der Waals surface area contributed by atoms with Crippen molar-refractivity contribution in [1.82, 2.24) is 24.9 Å². The van der Waals surface area contributed by atoms with Crippen molar-refractivity contribution in [2.75, 3.05) is 0 Å². The van der Waals surface area contributed by atoms with Crippen molar-refractivity contribution in [2.24, 2.45) is 0 Å². The third kappa shape index (κ3) is 2.72. The fourth-order valence-corrected chi connectivity index (χ4v) is 2.31. The van der Waals surface area contributed by atoms with Gasteiger partial charge in [0, 0.05) is 29.7 Å². The summed E-state index contributed by atoms with van der Waals surface area (Å²) in [5.41, 5.74) is 3.58. The van der Waals surface area contributed by atoms with Crippen LogP contribution in [0.3, 0.4) is 0 Å². The molecule has 23 heavy (non-hydrogen) atoms. The molecule has 0 saturated heterocycles. The predicted octanol–water partition coefficient (Wildman–Crippen LogP) is 3.60. The van der Waals surface area contributed by atoms with Gasteiger partial charge in [-0.15, -0.1) is 0 Å². The summed E-state index contributed by atoms with van der Waals surface area (Å²) in [6.07, 6.45) is 7.08. The highest BCUT2D eigenvalue weighted by atomic mass is 14.9. The lowest BCUT2D eigenvalue weighted by Crippen LogP contribution is -1.91. The van der Waals surface area contributed by atoms with Crippen LogP contribution in [0.1, 0.15) is 0 Å². The second-order valence-corrected chi connectivity index (χ2v) is 5.02. The number of aromatic nitrogens is 5. The van der Waals surface area contributed by atoms with Gasteiger partial charge < -0.3 is 4.98 Å². The SMILES string of the molecule is c1ccc(-c2ncc(-c3cnc(-c4ccccn4)nc3)[nH]2)cc1. The molecule has 0 atom stereocenters. The third-order valence-corrected chi connectivity index (χ3v) is 3.48. The van der Waals surface area contributed by atoms with E-state index in [2.05, 4.69) is 24.9 Å². The Morgan fingerprint density at radius 2 is 1.43 bits per heavy atom. The Balaban J connectivity index is 1.63. The second kappa shape index (κ2) is 5.81. The van der Waals surface area contributed by atoms with E-state index in [1.165, 1.54) is 0 Å². The summed E-state index contributed by atoms with van der Waals surface area (Å²) in [6, 6.07) is 15.7. The Morgan fingerprint density at radius 1 is 0.652 bits per heavy atom. The first-order valence-corrected chi connectivity index (χ1v) is 7.24. The molecule has 3 aromatic heterocycles. The number of aromatic amines is 1. The zero-order chi connectivity index (χ0) is 15.5. The molecule has 0 aliphatic rings. The van der Waals surface area contributed by atoms with Gasteiger partial charge in [0.15, 0.2) is 5.82 Å². The maximum atomic E-state index is 4.42. The Bertz CT molecular complexity index is 899. The molecule has 0 aliphatic carbocycles. The van der Waals surface area contributed by atoms with E-state index in [1.54, 1.807) is 24.8 Å². The molecule has 4 aromatic rings. The molecule has 5 nitrogen and oxygen atoms in total. The van der Waals surface area contributed by atoms with Crippen molar-refractivity contribution in [3.05, 3.63) is 73.3 Å². The van der Waals surface area contributed by atoms with Crippen molar-refractivity contribution in [2.45, 2.75) is 0 Å². The van der Waals surface area contributed by atoms with Crippen LogP contribution in [0, 0.1) is 0 Å². The zero-order valence-electron chi connectivity index (χ0n) is 12.2. The van der Waals surface area contributed by atoms with Crippen molar-refractivity contribution < 1.29 is 0 Å². The fraction of sp³-hybridized carbons (Fsp3) is 0. The lowest BCUT2D eigenvalue weighted by Gasteiger charge is -2.00. The van der Waals surface area contributed by atoms with Gasteiger partial charge in [0.2, 0.25) is 0 Å². The summed E-state index contributed by atoms with van der Waals surface area (Å²) in [5, 5.41) is 0. The molecule has 1 N–H and O–H groups in total. The van der Waals surface area contributed by atoms with Crippen LogP contribution in [-0.4, -0.2) is 24.9 Å². The van der Waals surface area contributed by atoms with Gasteiger partial charge in [0.05, 0.1) is 11.9 Å². The number of pyridine rings is 1. The predicted molar refractivity (Wildman–Crippen MR) is 88.3 cm³/mol. The maximum Gasteiger partial charge on any atom is 0.178 e. The van der Waals surface area contributed by atoms with Crippen molar-refractivity contribution in [3.63, 3.8) is 0 Å². The van der Waals surface area contributed by atoms with E-state index >= 15 is 0 Å². The molecule has 0 saturated carbocycles. The summed E-state index contributed by atoms with van der Waals surface area (Å²) < 4.78 is 0. The standard InChI is InChI=1S/C18H13N5/c1-2-6-13(7-3-1)17-22-12-16(23-17)14-10-20-18(21-11-14)15-8-4-5-9-19-15/h1-12H,(H,22,23). The largest absolute Gasteiger partial charge is 0.338 e. The molecular weight excluding hydrogens is 286 g/mol. The van der Waals surface area contributed by atoms with Crippen LogP contribution >= 0.6 is 0 Å². The minimum atomic E-state index is 0.608. The van der Waals surface area contributed by atoms with Crippen molar-refractivity contribution in [1.29, 1.82) is 0 Å². The van der Waals surface area contributed by atoms with Crippen molar-refractivity contribution >= 4 is 0 Å². The fourth-order valence-electron chi connectivity index (χ4n) is 2.31. The Labute approximate surface area is 133 Å². The summed E-state index contributed by atoms with van der Waals surface area (Å²) in [5.74, 6) is 1.44. The van der Waals surface area contributed by atoms with Crippen molar-refractivity contribution in [3.8, 4) is 34.2 Å². The van der Waals surface area contributed by atoms with Crippen LogP contribution in [0.4, 0.5) is 0 Å². The molecule has 0 unspecified atom stereocenters. The minimum Gasteiger partial charge on any atom is -0.338 e. The molecule has 0 bridgehead atoms. The lowest BCUT2D eigenvalue weighted by molar-refractivity contribution is 1.14. The normalized spacial score (nSPS) is 10.6. The van der Waals surface area contributed by atoms with E-state index in [-0.39, 0.29) is 0 Å². The zero-order valence-corrected chi connectivity index (χ0v) is 12.2. The molecule has 5 heteroatoms.